The molecule has 1 rings (SSSR count). The zero-order valence-electron chi connectivity index (χ0n) is 8.87. The molecule has 0 aliphatic heterocycles. The smallest absolute Gasteiger partial charge is 0.221 e. The van der Waals surface area contributed by atoms with Gasteiger partial charge in [0.25, 0.3) is 0 Å². The van der Waals surface area contributed by atoms with E-state index in [-0.39, 0.29) is 17.3 Å². The Morgan fingerprint density at radius 3 is 2.12 bits per heavy atom. The van der Waals surface area contributed by atoms with Gasteiger partial charge in [0.1, 0.15) is 0 Å². The minimum atomic E-state index is -0.440. The third-order valence-electron chi connectivity index (χ3n) is 1.72. The summed E-state index contributed by atoms with van der Waals surface area (Å²) in [7, 11) is 0. The van der Waals surface area contributed by atoms with Crippen molar-refractivity contribution in [1.82, 2.24) is 0 Å². The Kier molecular flexibility index (Phi) is 3.34. The maximum Gasteiger partial charge on any atom is 0.221 e. The van der Waals surface area contributed by atoms with E-state index < -0.39 is 17.4 Å². The Labute approximate surface area is 91.9 Å². The molecule has 0 unspecified atom stereocenters. The van der Waals surface area contributed by atoms with E-state index in [1.165, 1.54) is 26.0 Å². The molecule has 2 amide bonds. The molecule has 6 heteroatoms. The Hall–Kier alpha value is -2.24. The molecule has 0 fully saturated rings. The lowest BCUT2D eigenvalue weighted by Gasteiger charge is -2.10. The van der Waals surface area contributed by atoms with Crippen LogP contribution in [-0.2, 0) is 9.59 Å². The predicted molar refractivity (Wildman–Crippen MR) is 58.4 cm³/mol. The molecule has 0 spiro atoms. The molecule has 1 aromatic carbocycles. The van der Waals surface area contributed by atoms with E-state index >= 15 is 0 Å². The van der Waals surface area contributed by atoms with Crippen molar-refractivity contribution in [3.63, 3.8) is 0 Å². The van der Waals surface area contributed by atoms with Crippen LogP contribution in [-0.4, -0.2) is 22.0 Å². The van der Waals surface area contributed by atoms with E-state index in [2.05, 4.69) is 10.6 Å². The molecule has 4 N–H and O–H groups in total. The van der Waals surface area contributed by atoms with Crippen LogP contribution in [0.15, 0.2) is 12.1 Å². The molecular weight excluding hydrogens is 212 g/mol. The van der Waals surface area contributed by atoms with Crippen LogP contribution in [0.4, 0.5) is 11.4 Å². The van der Waals surface area contributed by atoms with Gasteiger partial charge in [-0.05, 0) is 6.07 Å². The zero-order chi connectivity index (χ0) is 12.3. The second-order valence-corrected chi connectivity index (χ2v) is 3.25. The average Bonchev–Trinajstić information content (AvgIpc) is 2.11. The van der Waals surface area contributed by atoms with Crippen molar-refractivity contribution in [3.8, 4) is 11.5 Å². The number of phenols is 2. The molecule has 0 atom stereocenters. The highest BCUT2D eigenvalue weighted by atomic mass is 16.3. The van der Waals surface area contributed by atoms with Gasteiger partial charge >= 0.3 is 0 Å². The van der Waals surface area contributed by atoms with E-state index in [0.717, 1.165) is 0 Å². The van der Waals surface area contributed by atoms with Crippen molar-refractivity contribution >= 4 is 23.2 Å². The number of anilines is 2. The van der Waals surface area contributed by atoms with Crippen molar-refractivity contribution in [2.75, 3.05) is 10.6 Å². The van der Waals surface area contributed by atoms with Gasteiger partial charge in [0.2, 0.25) is 11.8 Å². The zero-order valence-corrected chi connectivity index (χ0v) is 8.87. The summed E-state index contributed by atoms with van der Waals surface area (Å²) in [5.74, 6) is -1.58. The molecule has 1 aromatic rings. The van der Waals surface area contributed by atoms with E-state index in [9.17, 15) is 19.8 Å². The highest BCUT2D eigenvalue weighted by Gasteiger charge is 2.10. The number of hydrogen-bond acceptors (Lipinski definition) is 4. The fraction of sp³-hybridized carbons (Fsp3) is 0.200. The van der Waals surface area contributed by atoms with E-state index in [0.29, 0.717) is 0 Å². The van der Waals surface area contributed by atoms with Gasteiger partial charge in [-0.1, -0.05) is 0 Å². The Bertz CT molecular complexity index is 443. The fourth-order valence-corrected chi connectivity index (χ4v) is 1.18. The van der Waals surface area contributed by atoms with E-state index in [1.807, 2.05) is 0 Å². The van der Waals surface area contributed by atoms with Gasteiger partial charge in [0.05, 0.1) is 5.69 Å². The van der Waals surface area contributed by atoms with Gasteiger partial charge < -0.3 is 20.8 Å². The van der Waals surface area contributed by atoms with Gasteiger partial charge in [-0.15, -0.1) is 0 Å². The first-order valence-electron chi connectivity index (χ1n) is 4.51. The van der Waals surface area contributed by atoms with Crippen LogP contribution in [0.5, 0.6) is 11.5 Å². The predicted octanol–water partition coefficient (Wildman–Crippen LogP) is 1.01. The minimum Gasteiger partial charge on any atom is -0.504 e. The van der Waals surface area contributed by atoms with Gasteiger partial charge in [-0.2, -0.15) is 0 Å². The summed E-state index contributed by atoms with van der Waals surface area (Å²) in [6.07, 6.45) is 0. The SMILES string of the molecule is CC(=O)Nc1cc(O)c(O)c(NC(C)=O)c1. The fourth-order valence-electron chi connectivity index (χ4n) is 1.18. The number of aromatic hydroxyl groups is 2. The summed E-state index contributed by atoms with van der Waals surface area (Å²) in [5.41, 5.74) is 0.322. The summed E-state index contributed by atoms with van der Waals surface area (Å²) < 4.78 is 0. The molecule has 0 radical (unpaired) electrons. The Morgan fingerprint density at radius 2 is 1.62 bits per heavy atom. The number of benzene rings is 1. The third-order valence-corrected chi connectivity index (χ3v) is 1.72. The summed E-state index contributed by atoms with van der Waals surface area (Å²) in [5, 5.41) is 23.5. The molecule has 0 saturated carbocycles. The quantitative estimate of drug-likeness (QED) is 0.445. The summed E-state index contributed by atoms with van der Waals surface area (Å²) in [4.78, 5) is 21.6. The lowest BCUT2D eigenvalue weighted by molar-refractivity contribution is -0.115. The Morgan fingerprint density at radius 1 is 1.06 bits per heavy atom. The number of carbonyl (C=O) groups is 2. The Balaban J connectivity index is 3.11. The van der Waals surface area contributed by atoms with Crippen LogP contribution in [0, 0.1) is 0 Å². The van der Waals surface area contributed by atoms with Crippen molar-refractivity contribution in [1.29, 1.82) is 0 Å². The molecule has 0 aliphatic rings. The highest BCUT2D eigenvalue weighted by Crippen LogP contribution is 2.36. The summed E-state index contributed by atoms with van der Waals surface area (Å²) >= 11 is 0. The molecule has 0 saturated heterocycles. The molecule has 0 aliphatic carbocycles. The van der Waals surface area contributed by atoms with Crippen molar-refractivity contribution in [2.45, 2.75) is 13.8 Å². The van der Waals surface area contributed by atoms with Crippen LogP contribution in [0.1, 0.15) is 13.8 Å². The highest BCUT2D eigenvalue weighted by molar-refractivity contribution is 5.94. The molecule has 6 nitrogen and oxygen atoms in total. The number of carbonyl (C=O) groups excluding carboxylic acids is 2. The number of hydrogen-bond donors (Lipinski definition) is 4. The molecule has 0 bridgehead atoms. The summed E-state index contributed by atoms with van der Waals surface area (Å²) in [6.45, 7) is 2.57. The number of amides is 2. The van der Waals surface area contributed by atoms with Crippen molar-refractivity contribution in [2.24, 2.45) is 0 Å². The van der Waals surface area contributed by atoms with E-state index in [1.54, 1.807) is 0 Å². The molecule has 86 valence electrons. The first-order valence-corrected chi connectivity index (χ1v) is 4.51. The van der Waals surface area contributed by atoms with Crippen molar-refractivity contribution < 1.29 is 19.8 Å². The molecule has 0 aromatic heterocycles. The molecule has 16 heavy (non-hydrogen) atoms. The van der Waals surface area contributed by atoms with Crippen molar-refractivity contribution in [3.05, 3.63) is 12.1 Å². The van der Waals surface area contributed by atoms with Crippen LogP contribution < -0.4 is 10.6 Å². The number of phenolic OH excluding ortho intramolecular Hbond substituents is 2. The molecule has 0 heterocycles. The second-order valence-electron chi connectivity index (χ2n) is 3.25. The van der Waals surface area contributed by atoms with Crippen LogP contribution in [0.2, 0.25) is 0 Å². The van der Waals surface area contributed by atoms with Crippen LogP contribution >= 0.6 is 0 Å². The van der Waals surface area contributed by atoms with Crippen LogP contribution in [0.25, 0.3) is 0 Å². The topological polar surface area (TPSA) is 98.7 Å². The van der Waals surface area contributed by atoms with Gasteiger partial charge in [-0.3, -0.25) is 9.59 Å². The maximum absolute atomic E-state index is 10.8. The summed E-state index contributed by atoms with van der Waals surface area (Å²) in [6, 6.07) is 2.53. The van der Waals surface area contributed by atoms with E-state index in [4.69, 9.17) is 0 Å². The first kappa shape index (κ1) is 11.8. The minimum absolute atomic E-state index is 0.0382. The third kappa shape index (κ3) is 2.88. The largest absolute Gasteiger partial charge is 0.504 e. The lowest BCUT2D eigenvalue weighted by Crippen LogP contribution is -2.09. The standard InChI is InChI=1S/C10H12N2O4/c1-5(13)11-7-3-8(12-6(2)14)10(16)9(15)4-7/h3-4,15-16H,1-2H3,(H,11,13)(H,12,14). The maximum atomic E-state index is 10.8. The monoisotopic (exact) mass is 224 g/mol. The van der Waals surface area contributed by atoms with Gasteiger partial charge in [0, 0.05) is 25.6 Å². The van der Waals surface area contributed by atoms with Crippen LogP contribution in [0.3, 0.4) is 0 Å². The lowest BCUT2D eigenvalue weighted by atomic mass is 10.2. The number of rotatable bonds is 2. The molecular formula is C10H12N2O4. The first-order chi connectivity index (χ1) is 7.40. The second kappa shape index (κ2) is 4.52. The van der Waals surface area contributed by atoms with Gasteiger partial charge in [-0.25, -0.2) is 0 Å². The van der Waals surface area contributed by atoms with Gasteiger partial charge in [0.15, 0.2) is 11.5 Å². The normalized spacial score (nSPS) is 9.62. The average molecular weight is 224 g/mol. The number of nitrogens with one attached hydrogen (secondary N) is 2.